The van der Waals surface area contributed by atoms with E-state index in [1.807, 2.05) is 13.1 Å². The van der Waals surface area contributed by atoms with Crippen LogP contribution in [0.1, 0.15) is 19.8 Å². The molecule has 0 radical (unpaired) electrons. The van der Waals surface area contributed by atoms with Crippen LogP contribution in [-0.4, -0.2) is 51.3 Å². The second-order valence-electron chi connectivity index (χ2n) is 4.97. The van der Waals surface area contributed by atoms with Crippen LogP contribution in [0.15, 0.2) is 4.99 Å². The lowest BCUT2D eigenvalue weighted by molar-refractivity contribution is 0.216. The first-order valence-corrected chi connectivity index (χ1v) is 7.00. The van der Waals surface area contributed by atoms with Gasteiger partial charge in [0, 0.05) is 19.3 Å². The molecule has 18 heavy (non-hydrogen) atoms. The Hall–Kier alpha value is -0.530. The summed E-state index contributed by atoms with van der Waals surface area (Å²) in [6.07, 6.45) is 4.61. The molecule has 2 rings (SSSR count). The van der Waals surface area contributed by atoms with Gasteiger partial charge < -0.3 is 10.6 Å². The molecule has 6 nitrogen and oxygen atoms in total. The number of nitrogens with zero attached hydrogens (tertiary/aromatic N) is 1. The van der Waals surface area contributed by atoms with Gasteiger partial charge in [-0.3, -0.25) is 15.7 Å². The van der Waals surface area contributed by atoms with Crippen molar-refractivity contribution in [2.75, 3.05) is 32.8 Å². The van der Waals surface area contributed by atoms with Crippen LogP contribution in [0.25, 0.3) is 0 Å². The normalized spacial score (nSPS) is 33.3. The molecule has 0 saturated carbocycles. The van der Waals surface area contributed by atoms with Gasteiger partial charge >= 0.3 is 0 Å². The Morgan fingerprint density at radius 1 is 1.39 bits per heavy atom. The number of aliphatic imine (C=N–C) groups is 1. The molecular formula is C12H26N6. The molecule has 104 valence electrons. The van der Waals surface area contributed by atoms with E-state index in [-0.39, 0.29) is 0 Å². The van der Waals surface area contributed by atoms with Crippen molar-refractivity contribution in [1.82, 2.24) is 26.8 Å². The minimum Gasteiger partial charge on any atom is -0.316 e. The summed E-state index contributed by atoms with van der Waals surface area (Å²) in [5, 5.41) is 10.4. The third kappa shape index (κ3) is 4.29. The summed E-state index contributed by atoms with van der Waals surface area (Å²) in [5.74, 6) is 0.779. The standard InChI is InChI=1S/C12H26N6/c1-2-13-5-6-17-18-12-7-11(15-9-16-12)10-3-4-14-8-10/h2,10-12,14-18H,3-9H2,1H3/b13-2-/t10?,11?,12-/m1/s1. The van der Waals surface area contributed by atoms with E-state index >= 15 is 0 Å². The number of nitrogens with one attached hydrogen (secondary N) is 5. The third-order valence-electron chi connectivity index (χ3n) is 3.69. The van der Waals surface area contributed by atoms with Crippen molar-refractivity contribution in [2.24, 2.45) is 10.9 Å². The van der Waals surface area contributed by atoms with Gasteiger partial charge in [0.2, 0.25) is 0 Å². The van der Waals surface area contributed by atoms with Crippen molar-refractivity contribution < 1.29 is 0 Å². The lowest BCUT2D eigenvalue weighted by Gasteiger charge is -2.35. The first-order chi connectivity index (χ1) is 8.90. The molecule has 0 aromatic heterocycles. The summed E-state index contributed by atoms with van der Waals surface area (Å²) in [6, 6.07) is 0.620. The van der Waals surface area contributed by atoms with Crippen LogP contribution in [-0.2, 0) is 0 Å². The Labute approximate surface area is 109 Å². The molecular weight excluding hydrogens is 228 g/mol. The maximum absolute atomic E-state index is 4.16. The third-order valence-corrected chi connectivity index (χ3v) is 3.69. The van der Waals surface area contributed by atoms with Gasteiger partial charge in [-0.1, -0.05) is 0 Å². The number of hydrazine groups is 1. The molecule has 5 N–H and O–H groups in total. The molecule has 0 aliphatic carbocycles. The predicted octanol–water partition coefficient (Wildman–Crippen LogP) is -0.984. The zero-order valence-corrected chi connectivity index (χ0v) is 11.2. The van der Waals surface area contributed by atoms with Crippen molar-refractivity contribution in [3.8, 4) is 0 Å². The van der Waals surface area contributed by atoms with Crippen LogP contribution in [0.4, 0.5) is 0 Å². The molecule has 2 saturated heterocycles. The summed E-state index contributed by atoms with van der Waals surface area (Å²) in [5.41, 5.74) is 6.57. The summed E-state index contributed by atoms with van der Waals surface area (Å²) < 4.78 is 0. The average molecular weight is 254 g/mol. The molecule has 0 spiro atoms. The van der Waals surface area contributed by atoms with Crippen molar-refractivity contribution in [3.63, 3.8) is 0 Å². The fourth-order valence-corrected chi connectivity index (χ4v) is 2.67. The SMILES string of the molecule is C/C=N\CCNN[C@@H]1CC(C2CCNC2)NCN1. The fourth-order valence-electron chi connectivity index (χ4n) is 2.67. The molecule has 0 aromatic rings. The van der Waals surface area contributed by atoms with Crippen molar-refractivity contribution >= 4 is 6.21 Å². The van der Waals surface area contributed by atoms with Gasteiger partial charge in [-0.15, -0.1) is 0 Å². The highest BCUT2D eigenvalue weighted by Gasteiger charge is 2.29. The van der Waals surface area contributed by atoms with Gasteiger partial charge in [-0.25, -0.2) is 5.43 Å². The van der Waals surface area contributed by atoms with Gasteiger partial charge in [0.05, 0.1) is 12.7 Å². The summed E-state index contributed by atoms with van der Waals surface area (Å²) >= 11 is 0. The quantitative estimate of drug-likeness (QED) is 0.239. The lowest BCUT2D eigenvalue weighted by atomic mass is 9.94. The number of hydrogen-bond donors (Lipinski definition) is 5. The molecule has 0 aromatic carbocycles. The smallest absolute Gasteiger partial charge is 0.0728 e. The van der Waals surface area contributed by atoms with E-state index in [0.29, 0.717) is 12.2 Å². The maximum atomic E-state index is 4.16. The molecule has 2 aliphatic heterocycles. The molecule has 6 heteroatoms. The molecule has 2 aliphatic rings. The van der Waals surface area contributed by atoms with E-state index in [4.69, 9.17) is 0 Å². The minimum atomic E-state index is 0.349. The zero-order valence-electron chi connectivity index (χ0n) is 11.2. The number of rotatable bonds is 6. The first kappa shape index (κ1) is 13.9. The topological polar surface area (TPSA) is 72.5 Å². The monoisotopic (exact) mass is 254 g/mol. The van der Waals surface area contributed by atoms with E-state index < -0.39 is 0 Å². The van der Waals surface area contributed by atoms with Gasteiger partial charge in [0.1, 0.15) is 0 Å². The van der Waals surface area contributed by atoms with Gasteiger partial charge in [-0.05, 0) is 45.0 Å². The Morgan fingerprint density at radius 3 is 3.11 bits per heavy atom. The second kappa shape index (κ2) is 7.81. The molecule has 2 heterocycles. The lowest BCUT2D eigenvalue weighted by Crippen LogP contribution is -2.61. The van der Waals surface area contributed by atoms with E-state index in [0.717, 1.165) is 38.6 Å². The van der Waals surface area contributed by atoms with Crippen molar-refractivity contribution in [1.29, 1.82) is 0 Å². The van der Waals surface area contributed by atoms with Crippen LogP contribution in [0.5, 0.6) is 0 Å². The highest BCUT2D eigenvalue weighted by atomic mass is 15.4. The summed E-state index contributed by atoms with van der Waals surface area (Å²) in [7, 11) is 0. The highest BCUT2D eigenvalue weighted by Crippen LogP contribution is 2.17. The highest BCUT2D eigenvalue weighted by molar-refractivity contribution is 5.53. The molecule has 0 bridgehead atoms. The largest absolute Gasteiger partial charge is 0.316 e. The van der Waals surface area contributed by atoms with E-state index in [1.165, 1.54) is 13.0 Å². The Kier molecular flexibility index (Phi) is 6.02. The van der Waals surface area contributed by atoms with Crippen LogP contribution >= 0.6 is 0 Å². The summed E-state index contributed by atoms with van der Waals surface area (Å²) in [6.45, 7) is 6.84. The van der Waals surface area contributed by atoms with Gasteiger partial charge in [0.25, 0.3) is 0 Å². The molecule has 3 atom stereocenters. The first-order valence-electron chi connectivity index (χ1n) is 7.00. The Bertz CT molecular complexity index is 251. The molecule has 2 fully saturated rings. The molecule has 2 unspecified atom stereocenters. The Balaban J connectivity index is 1.63. The maximum Gasteiger partial charge on any atom is 0.0728 e. The number of hydrogen-bond acceptors (Lipinski definition) is 6. The molecule has 0 amide bonds. The fraction of sp³-hybridized carbons (Fsp3) is 0.917. The van der Waals surface area contributed by atoms with Crippen molar-refractivity contribution in [3.05, 3.63) is 0 Å². The van der Waals surface area contributed by atoms with Crippen LogP contribution in [0.2, 0.25) is 0 Å². The van der Waals surface area contributed by atoms with Crippen LogP contribution < -0.4 is 26.8 Å². The average Bonchev–Trinajstić information content (AvgIpc) is 2.93. The second-order valence-corrected chi connectivity index (χ2v) is 4.97. The van der Waals surface area contributed by atoms with Crippen LogP contribution in [0, 0.1) is 5.92 Å². The van der Waals surface area contributed by atoms with Gasteiger partial charge in [-0.2, -0.15) is 0 Å². The van der Waals surface area contributed by atoms with E-state index in [2.05, 4.69) is 31.8 Å². The minimum absolute atomic E-state index is 0.349. The van der Waals surface area contributed by atoms with Crippen molar-refractivity contribution in [2.45, 2.75) is 32.0 Å². The summed E-state index contributed by atoms with van der Waals surface area (Å²) in [4.78, 5) is 4.16. The van der Waals surface area contributed by atoms with Gasteiger partial charge in [0.15, 0.2) is 0 Å². The predicted molar refractivity (Wildman–Crippen MR) is 74.5 cm³/mol. The zero-order chi connectivity index (χ0) is 12.6. The van der Waals surface area contributed by atoms with Crippen LogP contribution in [0.3, 0.4) is 0 Å². The Morgan fingerprint density at radius 2 is 2.33 bits per heavy atom. The van der Waals surface area contributed by atoms with E-state index in [1.54, 1.807) is 0 Å². The van der Waals surface area contributed by atoms with E-state index in [9.17, 15) is 0 Å².